The summed E-state index contributed by atoms with van der Waals surface area (Å²) in [6.45, 7) is 0.606. The first kappa shape index (κ1) is 11.3. The molecule has 0 saturated carbocycles. The minimum Gasteiger partial charge on any atom is -0.508 e. The Hall–Kier alpha value is -2.16. The summed E-state index contributed by atoms with van der Waals surface area (Å²) in [5.74, 6) is 1.01. The standard InChI is InChI=1S/C14H15NO2/c15-12-3-1-11(2-4-12)9-10-17-14-7-5-13(16)6-8-14/h1-8,16H,9-10,15H2. The molecule has 3 nitrogen and oxygen atoms in total. The molecule has 2 aromatic rings. The normalized spacial score (nSPS) is 10.1. The zero-order chi connectivity index (χ0) is 12.1. The van der Waals surface area contributed by atoms with Crippen molar-refractivity contribution in [1.82, 2.24) is 0 Å². The molecule has 0 spiro atoms. The Labute approximate surface area is 100 Å². The SMILES string of the molecule is Nc1ccc(CCOc2ccc(O)cc2)cc1. The monoisotopic (exact) mass is 229 g/mol. The molecule has 0 atom stereocenters. The summed E-state index contributed by atoms with van der Waals surface area (Å²) in [5, 5.41) is 9.12. The van der Waals surface area contributed by atoms with Gasteiger partial charge in [0.2, 0.25) is 0 Å². The highest BCUT2D eigenvalue weighted by atomic mass is 16.5. The lowest BCUT2D eigenvalue weighted by atomic mass is 10.1. The number of aromatic hydroxyl groups is 1. The van der Waals surface area contributed by atoms with Crippen LogP contribution in [0.2, 0.25) is 0 Å². The highest BCUT2D eigenvalue weighted by Crippen LogP contribution is 2.16. The fourth-order valence-electron chi connectivity index (χ4n) is 1.51. The van der Waals surface area contributed by atoms with Gasteiger partial charge in [0.25, 0.3) is 0 Å². The van der Waals surface area contributed by atoms with Crippen molar-refractivity contribution >= 4 is 5.69 Å². The molecule has 88 valence electrons. The maximum absolute atomic E-state index is 9.12. The topological polar surface area (TPSA) is 55.5 Å². The molecule has 3 N–H and O–H groups in total. The Morgan fingerprint density at radius 2 is 1.59 bits per heavy atom. The van der Waals surface area contributed by atoms with Gasteiger partial charge < -0.3 is 15.6 Å². The maximum atomic E-state index is 9.12. The molecular weight excluding hydrogens is 214 g/mol. The van der Waals surface area contributed by atoms with Crippen molar-refractivity contribution in [3.05, 3.63) is 54.1 Å². The first-order valence-corrected chi connectivity index (χ1v) is 5.50. The number of rotatable bonds is 4. The van der Waals surface area contributed by atoms with E-state index in [2.05, 4.69) is 0 Å². The van der Waals surface area contributed by atoms with Crippen LogP contribution in [0, 0.1) is 0 Å². The molecule has 0 aliphatic carbocycles. The number of anilines is 1. The minimum atomic E-state index is 0.246. The Bertz CT molecular complexity index is 417. The van der Waals surface area contributed by atoms with Crippen LogP contribution in [0.5, 0.6) is 11.5 Å². The fraction of sp³-hybridized carbons (Fsp3) is 0.143. The third kappa shape index (κ3) is 3.41. The number of phenolic OH excluding ortho intramolecular Hbond substituents is 1. The molecule has 0 unspecified atom stereocenters. The van der Waals surface area contributed by atoms with Crippen molar-refractivity contribution in [2.75, 3.05) is 12.3 Å². The van der Waals surface area contributed by atoms with Gasteiger partial charge in [0.1, 0.15) is 11.5 Å². The van der Waals surface area contributed by atoms with Gasteiger partial charge in [-0.3, -0.25) is 0 Å². The number of benzene rings is 2. The van der Waals surface area contributed by atoms with E-state index in [0.717, 1.165) is 17.9 Å². The van der Waals surface area contributed by atoms with Gasteiger partial charge in [-0.15, -0.1) is 0 Å². The van der Waals surface area contributed by atoms with E-state index in [4.69, 9.17) is 15.6 Å². The van der Waals surface area contributed by atoms with Crippen molar-refractivity contribution in [1.29, 1.82) is 0 Å². The molecule has 2 rings (SSSR count). The van der Waals surface area contributed by atoms with Gasteiger partial charge in [0, 0.05) is 12.1 Å². The van der Waals surface area contributed by atoms with Gasteiger partial charge in [0.15, 0.2) is 0 Å². The Morgan fingerprint density at radius 1 is 0.941 bits per heavy atom. The van der Waals surface area contributed by atoms with E-state index in [1.165, 1.54) is 5.56 Å². The van der Waals surface area contributed by atoms with E-state index < -0.39 is 0 Å². The molecule has 0 aliphatic rings. The number of hydrogen-bond donors (Lipinski definition) is 2. The Kier molecular flexibility index (Phi) is 3.50. The summed E-state index contributed by atoms with van der Waals surface area (Å²) < 4.78 is 5.55. The van der Waals surface area contributed by atoms with Gasteiger partial charge in [-0.05, 0) is 42.0 Å². The highest BCUT2D eigenvalue weighted by Gasteiger charge is 1.96. The van der Waals surface area contributed by atoms with Crippen LogP contribution in [0.15, 0.2) is 48.5 Å². The molecule has 3 heteroatoms. The van der Waals surface area contributed by atoms with Crippen LogP contribution in [0.1, 0.15) is 5.56 Å². The molecular formula is C14H15NO2. The molecule has 0 aliphatic heterocycles. The van der Waals surface area contributed by atoms with Crippen molar-refractivity contribution in [2.45, 2.75) is 6.42 Å². The van der Waals surface area contributed by atoms with E-state index in [0.29, 0.717) is 6.61 Å². The van der Waals surface area contributed by atoms with Crippen molar-refractivity contribution in [3.63, 3.8) is 0 Å². The van der Waals surface area contributed by atoms with Crippen LogP contribution in [0.25, 0.3) is 0 Å². The van der Waals surface area contributed by atoms with Crippen LogP contribution in [0.3, 0.4) is 0 Å². The summed E-state index contributed by atoms with van der Waals surface area (Å²) in [6.07, 6.45) is 0.834. The molecule has 2 aromatic carbocycles. The first-order chi connectivity index (χ1) is 8.24. The molecule has 17 heavy (non-hydrogen) atoms. The molecule has 0 bridgehead atoms. The van der Waals surface area contributed by atoms with Crippen LogP contribution in [-0.4, -0.2) is 11.7 Å². The van der Waals surface area contributed by atoms with Gasteiger partial charge in [-0.1, -0.05) is 12.1 Å². The van der Waals surface area contributed by atoms with Gasteiger partial charge in [-0.2, -0.15) is 0 Å². The zero-order valence-electron chi connectivity index (χ0n) is 9.47. The summed E-state index contributed by atoms with van der Waals surface area (Å²) in [7, 11) is 0. The maximum Gasteiger partial charge on any atom is 0.119 e. The number of hydrogen-bond acceptors (Lipinski definition) is 3. The van der Waals surface area contributed by atoms with Crippen molar-refractivity contribution in [3.8, 4) is 11.5 Å². The molecule has 0 fully saturated rings. The lowest BCUT2D eigenvalue weighted by Crippen LogP contribution is -2.01. The molecule has 0 amide bonds. The van der Waals surface area contributed by atoms with Gasteiger partial charge >= 0.3 is 0 Å². The highest BCUT2D eigenvalue weighted by molar-refractivity contribution is 5.39. The van der Waals surface area contributed by atoms with Crippen molar-refractivity contribution < 1.29 is 9.84 Å². The average molecular weight is 229 g/mol. The summed E-state index contributed by atoms with van der Waals surface area (Å²) in [5.41, 5.74) is 7.57. The zero-order valence-corrected chi connectivity index (χ0v) is 9.47. The predicted octanol–water partition coefficient (Wildman–Crippen LogP) is 2.60. The lowest BCUT2D eigenvalue weighted by molar-refractivity contribution is 0.321. The van der Waals surface area contributed by atoms with Crippen molar-refractivity contribution in [2.24, 2.45) is 0 Å². The second-order valence-corrected chi connectivity index (χ2v) is 3.83. The quantitative estimate of drug-likeness (QED) is 0.792. The minimum absolute atomic E-state index is 0.246. The smallest absolute Gasteiger partial charge is 0.119 e. The summed E-state index contributed by atoms with van der Waals surface area (Å²) in [4.78, 5) is 0. The van der Waals surface area contributed by atoms with Crippen LogP contribution in [-0.2, 0) is 6.42 Å². The number of nitrogen functional groups attached to an aromatic ring is 1. The molecule has 0 aromatic heterocycles. The van der Waals surface area contributed by atoms with E-state index in [9.17, 15) is 0 Å². The van der Waals surface area contributed by atoms with E-state index in [1.54, 1.807) is 24.3 Å². The molecule has 0 heterocycles. The summed E-state index contributed by atoms with van der Waals surface area (Å²) >= 11 is 0. The van der Waals surface area contributed by atoms with Gasteiger partial charge in [-0.25, -0.2) is 0 Å². The number of nitrogens with two attached hydrogens (primary N) is 1. The second kappa shape index (κ2) is 5.25. The lowest BCUT2D eigenvalue weighted by Gasteiger charge is -2.06. The van der Waals surface area contributed by atoms with E-state index >= 15 is 0 Å². The first-order valence-electron chi connectivity index (χ1n) is 5.50. The largest absolute Gasteiger partial charge is 0.508 e. The van der Waals surface area contributed by atoms with Crippen LogP contribution in [0.4, 0.5) is 5.69 Å². The Morgan fingerprint density at radius 3 is 2.24 bits per heavy atom. The number of phenols is 1. The second-order valence-electron chi connectivity index (χ2n) is 3.83. The third-order valence-corrected chi connectivity index (χ3v) is 2.48. The predicted molar refractivity (Wildman–Crippen MR) is 68.2 cm³/mol. The van der Waals surface area contributed by atoms with Crippen LogP contribution < -0.4 is 10.5 Å². The fourth-order valence-corrected chi connectivity index (χ4v) is 1.51. The average Bonchev–Trinajstić information content (AvgIpc) is 2.34. The molecule has 0 saturated heterocycles. The molecule has 0 radical (unpaired) electrons. The number of ether oxygens (including phenoxy) is 1. The van der Waals surface area contributed by atoms with Gasteiger partial charge in [0.05, 0.1) is 6.61 Å². The van der Waals surface area contributed by atoms with E-state index in [-0.39, 0.29) is 5.75 Å². The summed E-state index contributed by atoms with van der Waals surface area (Å²) in [6, 6.07) is 14.5. The van der Waals surface area contributed by atoms with Crippen LogP contribution >= 0.6 is 0 Å². The Balaban J connectivity index is 1.83. The van der Waals surface area contributed by atoms with E-state index in [1.807, 2.05) is 24.3 Å². The third-order valence-electron chi connectivity index (χ3n) is 2.48.